The van der Waals surface area contributed by atoms with E-state index in [4.69, 9.17) is 16.3 Å². The largest absolute Gasteiger partial charge is 0.424 e. The molecule has 0 bridgehead atoms. The van der Waals surface area contributed by atoms with Crippen molar-refractivity contribution in [2.45, 2.75) is 26.1 Å². The minimum atomic E-state index is -0.541. The van der Waals surface area contributed by atoms with Crippen molar-refractivity contribution in [2.75, 3.05) is 0 Å². The number of rotatable bonds is 2. The van der Waals surface area contributed by atoms with Crippen molar-refractivity contribution in [3.8, 4) is 5.75 Å². The molecular weight excluding hydrogens is 330 g/mol. The van der Waals surface area contributed by atoms with Gasteiger partial charge in [0.2, 0.25) is 0 Å². The zero-order valence-corrected chi connectivity index (χ0v) is 13.4. The van der Waals surface area contributed by atoms with Gasteiger partial charge in [-0.25, -0.2) is 0 Å². The molecule has 2 aromatic rings. The van der Waals surface area contributed by atoms with Gasteiger partial charge in [0, 0.05) is 16.9 Å². The highest BCUT2D eigenvalue weighted by Gasteiger charge is 2.25. The molecule has 0 aliphatic carbocycles. The van der Waals surface area contributed by atoms with Crippen LogP contribution in [0.1, 0.15) is 26.3 Å². The van der Waals surface area contributed by atoms with E-state index in [-0.39, 0.29) is 5.97 Å². The van der Waals surface area contributed by atoms with E-state index in [0.717, 1.165) is 16.5 Å². The number of halogens is 2. The molecule has 0 spiro atoms. The molecule has 1 aromatic heterocycles. The highest BCUT2D eigenvalue weighted by molar-refractivity contribution is 9.08. The number of aromatic amines is 1. The SMILES string of the molecule is CC(C)(C)C(=O)Oc1c[nH]c2c(Cl)cc(CBr)cc12. The van der Waals surface area contributed by atoms with Gasteiger partial charge in [0.25, 0.3) is 0 Å². The molecule has 0 aliphatic rings. The average Bonchev–Trinajstić information content (AvgIpc) is 2.71. The number of hydrogen-bond donors (Lipinski definition) is 1. The molecule has 5 heteroatoms. The number of carbonyl (C=O) groups is 1. The lowest BCUT2D eigenvalue weighted by atomic mass is 9.97. The number of benzene rings is 1. The Bertz CT molecular complexity index is 628. The number of carbonyl (C=O) groups excluding carboxylic acids is 1. The van der Waals surface area contributed by atoms with E-state index in [1.54, 1.807) is 6.20 Å². The summed E-state index contributed by atoms with van der Waals surface area (Å²) in [6, 6.07) is 3.84. The van der Waals surface area contributed by atoms with Gasteiger partial charge in [-0.15, -0.1) is 0 Å². The van der Waals surface area contributed by atoms with E-state index in [1.807, 2.05) is 32.9 Å². The molecule has 0 fully saturated rings. The third-order valence-corrected chi connectivity index (χ3v) is 3.68. The molecular formula is C14H15BrClNO2. The van der Waals surface area contributed by atoms with E-state index in [2.05, 4.69) is 20.9 Å². The van der Waals surface area contributed by atoms with Gasteiger partial charge < -0.3 is 9.72 Å². The van der Waals surface area contributed by atoms with Crippen LogP contribution < -0.4 is 4.74 Å². The molecule has 0 amide bonds. The Labute approximate surface area is 125 Å². The Balaban J connectivity index is 2.45. The van der Waals surface area contributed by atoms with E-state index in [1.165, 1.54) is 0 Å². The summed E-state index contributed by atoms with van der Waals surface area (Å²) in [4.78, 5) is 15.0. The zero-order chi connectivity index (χ0) is 14.2. The second-order valence-corrected chi connectivity index (χ2v) is 6.39. The van der Waals surface area contributed by atoms with Crippen molar-refractivity contribution >= 4 is 44.4 Å². The molecule has 1 N–H and O–H groups in total. The predicted octanol–water partition coefficient (Wildman–Crippen LogP) is 4.67. The van der Waals surface area contributed by atoms with Crippen molar-refractivity contribution in [1.29, 1.82) is 0 Å². The Morgan fingerprint density at radius 1 is 1.42 bits per heavy atom. The molecule has 2 rings (SSSR count). The van der Waals surface area contributed by atoms with Crippen LogP contribution >= 0.6 is 27.5 Å². The van der Waals surface area contributed by atoms with Gasteiger partial charge in [-0.05, 0) is 38.5 Å². The number of ether oxygens (including phenoxy) is 1. The Morgan fingerprint density at radius 3 is 2.68 bits per heavy atom. The van der Waals surface area contributed by atoms with Crippen molar-refractivity contribution in [2.24, 2.45) is 5.41 Å². The lowest BCUT2D eigenvalue weighted by Gasteiger charge is -2.15. The number of H-pyrrole nitrogens is 1. The first kappa shape index (κ1) is 14.4. The van der Waals surface area contributed by atoms with E-state index < -0.39 is 5.41 Å². The second-order valence-electron chi connectivity index (χ2n) is 5.43. The summed E-state index contributed by atoms with van der Waals surface area (Å²) in [7, 11) is 0. The standard InChI is InChI=1S/C14H15BrClNO2/c1-14(2,3)13(18)19-11-7-17-12-9(11)4-8(6-15)5-10(12)16/h4-5,7,17H,6H2,1-3H3. The van der Waals surface area contributed by atoms with Crippen LogP contribution in [0.4, 0.5) is 0 Å². The van der Waals surface area contributed by atoms with Crippen molar-refractivity contribution in [3.63, 3.8) is 0 Å². The fourth-order valence-corrected chi connectivity index (χ4v) is 2.25. The maximum Gasteiger partial charge on any atom is 0.316 e. The average molecular weight is 345 g/mol. The second kappa shape index (κ2) is 5.17. The number of alkyl halides is 1. The summed E-state index contributed by atoms with van der Waals surface area (Å²) in [6.45, 7) is 5.46. The summed E-state index contributed by atoms with van der Waals surface area (Å²) in [5.41, 5.74) is 1.27. The van der Waals surface area contributed by atoms with Crippen molar-refractivity contribution in [3.05, 3.63) is 28.9 Å². The van der Waals surface area contributed by atoms with Crippen LogP contribution in [-0.4, -0.2) is 11.0 Å². The highest BCUT2D eigenvalue weighted by Crippen LogP contribution is 2.33. The predicted molar refractivity (Wildman–Crippen MR) is 81.0 cm³/mol. The molecule has 0 radical (unpaired) electrons. The Kier molecular flexibility index (Phi) is 3.92. The highest BCUT2D eigenvalue weighted by atomic mass is 79.9. The molecule has 3 nitrogen and oxygen atoms in total. The molecule has 0 unspecified atom stereocenters. The van der Waals surface area contributed by atoms with Gasteiger partial charge in [-0.1, -0.05) is 27.5 Å². The van der Waals surface area contributed by atoms with Crippen LogP contribution in [0, 0.1) is 5.41 Å². The summed E-state index contributed by atoms with van der Waals surface area (Å²) in [5.74, 6) is 0.244. The first-order chi connectivity index (χ1) is 8.82. The maximum absolute atomic E-state index is 11.9. The molecule has 102 valence electrons. The molecule has 0 aliphatic heterocycles. The lowest BCUT2D eigenvalue weighted by Crippen LogP contribution is -2.25. The van der Waals surface area contributed by atoms with E-state index in [9.17, 15) is 4.79 Å². The lowest BCUT2D eigenvalue weighted by molar-refractivity contribution is -0.142. The first-order valence-electron chi connectivity index (χ1n) is 5.90. The fraction of sp³-hybridized carbons (Fsp3) is 0.357. The van der Waals surface area contributed by atoms with E-state index in [0.29, 0.717) is 16.1 Å². The van der Waals surface area contributed by atoms with Crippen LogP contribution in [0.5, 0.6) is 5.75 Å². The van der Waals surface area contributed by atoms with Crippen LogP contribution in [0.3, 0.4) is 0 Å². The van der Waals surface area contributed by atoms with E-state index >= 15 is 0 Å². The minimum absolute atomic E-state index is 0.270. The number of fused-ring (bicyclic) bond motifs is 1. The van der Waals surface area contributed by atoms with Crippen molar-refractivity contribution < 1.29 is 9.53 Å². The van der Waals surface area contributed by atoms with Gasteiger partial charge >= 0.3 is 5.97 Å². The van der Waals surface area contributed by atoms with Crippen LogP contribution in [0.25, 0.3) is 10.9 Å². The third kappa shape index (κ3) is 2.95. The summed E-state index contributed by atoms with van der Waals surface area (Å²) in [5, 5.41) is 2.13. The number of aromatic nitrogens is 1. The van der Waals surface area contributed by atoms with Gasteiger partial charge in [-0.3, -0.25) is 4.79 Å². The van der Waals surface area contributed by atoms with Crippen molar-refractivity contribution in [1.82, 2.24) is 4.98 Å². The quantitative estimate of drug-likeness (QED) is 0.635. The van der Waals surface area contributed by atoms with Crippen LogP contribution in [0.15, 0.2) is 18.3 Å². The topological polar surface area (TPSA) is 42.1 Å². The molecule has 1 heterocycles. The Morgan fingerprint density at radius 2 is 2.11 bits per heavy atom. The smallest absolute Gasteiger partial charge is 0.316 e. The summed E-state index contributed by atoms with van der Waals surface area (Å²) in [6.07, 6.45) is 1.66. The van der Waals surface area contributed by atoms with Gasteiger partial charge in [-0.2, -0.15) is 0 Å². The summed E-state index contributed by atoms with van der Waals surface area (Å²) >= 11 is 9.58. The van der Waals surface area contributed by atoms with Crippen LogP contribution in [-0.2, 0) is 10.1 Å². The first-order valence-corrected chi connectivity index (χ1v) is 7.40. The monoisotopic (exact) mass is 343 g/mol. The molecule has 1 aromatic carbocycles. The van der Waals surface area contributed by atoms with Gasteiger partial charge in [0.15, 0.2) is 5.75 Å². The molecule has 0 atom stereocenters. The fourth-order valence-electron chi connectivity index (χ4n) is 1.63. The number of nitrogens with one attached hydrogen (secondary N) is 1. The van der Waals surface area contributed by atoms with Gasteiger partial charge in [0.1, 0.15) is 0 Å². The summed E-state index contributed by atoms with van der Waals surface area (Å²) < 4.78 is 5.44. The van der Waals surface area contributed by atoms with Crippen LogP contribution in [0.2, 0.25) is 5.02 Å². The maximum atomic E-state index is 11.9. The normalized spacial score (nSPS) is 11.8. The zero-order valence-electron chi connectivity index (χ0n) is 11.0. The third-order valence-electron chi connectivity index (χ3n) is 2.73. The van der Waals surface area contributed by atoms with Gasteiger partial charge in [0.05, 0.1) is 16.0 Å². The number of esters is 1. The Hall–Kier alpha value is -1.000. The minimum Gasteiger partial charge on any atom is -0.424 e. The number of hydrogen-bond acceptors (Lipinski definition) is 2. The molecule has 0 saturated carbocycles. The molecule has 0 saturated heterocycles. The molecule has 19 heavy (non-hydrogen) atoms.